The molecule has 2 fully saturated rings. The number of carbonyl (C=O) groups excluding carboxylic acids is 2. The number of rotatable bonds is 3. The second kappa shape index (κ2) is 5.43. The van der Waals surface area contributed by atoms with E-state index >= 15 is 0 Å². The van der Waals surface area contributed by atoms with E-state index in [0.29, 0.717) is 25.3 Å². The van der Waals surface area contributed by atoms with E-state index in [9.17, 15) is 9.59 Å². The number of hydrogen-bond acceptors (Lipinski definition) is 3. The van der Waals surface area contributed by atoms with Crippen molar-refractivity contribution in [2.75, 3.05) is 19.6 Å². The number of carbonyl (C=O) groups is 2. The molecular formula is C12H20N2O2. The fraction of sp³-hybridized carbons (Fsp3) is 0.833. The Bertz CT molecular complexity index is 256. The van der Waals surface area contributed by atoms with E-state index in [2.05, 4.69) is 5.32 Å². The van der Waals surface area contributed by atoms with Gasteiger partial charge in [-0.05, 0) is 44.7 Å². The lowest BCUT2D eigenvalue weighted by Crippen LogP contribution is -2.41. The van der Waals surface area contributed by atoms with Gasteiger partial charge in [0, 0.05) is 19.4 Å². The van der Waals surface area contributed by atoms with Crippen LogP contribution in [0.4, 0.5) is 0 Å². The molecule has 0 spiro atoms. The van der Waals surface area contributed by atoms with Crippen molar-refractivity contribution in [3.63, 3.8) is 0 Å². The molecule has 2 aliphatic rings. The van der Waals surface area contributed by atoms with Crippen LogP contribution in [0, 0.1) is 5.92 Å². The maximum absolute atomic E-state index is 11.6. The highest BCUT2D eigenvalue weighted by atomic mass is 16.2. The molecule has 2 aliphatic heterocycles. The van der Waals surface area contributed by atoms with Gasteiger partial charge in [0.25, 0.3) is 0 Å². The monoisotopic (exact) mass is 224 g/mol. The Morgan fingerprint density at radius 3 is 2.38 bits per heavy atom. The van der Waals surface area contributed by atoms with Gasteiger partial charge in [-0.25, -0.2) is 0 Å². The first kappa shape index (κ1) is 11.6. The fourth-order valence-corrected chi connectivity index (χ4v) is 2.53. The average molecular weight is 224 g/mol. The van der Waals surface area contributed by atoms with Crippen LogP contribution in [0.3, 0.4) is 0 Å². The lowest BCUT2D eigenvalue weighted by Gasteiger charge is -2.28. The minimum Gasteiger partial charge on any atom is -0.317 e. The maximum Gasteiger partial charge on any atom is 0.229 e. The Hall–Kier alpha value is -0.900. The highest BCUT2D eigenvalue weighted by Crippen LogP contribution is 2.19. The Balaban J connectivity index is 1.78. The zero-order valence-electron chi connectivity index (χ0n) is 9.71. The number of nitrogens with zero attached hydrogens (tertiary/aromatic N) is 1. The summed E-state index contributed by atoms with van der Waals surface area (Å²) in [5, 5.41) is 3.32. The number of piperidine rings is 2. The molecular weight excluding hydrogens is 204 g/mol. The standard InChI is InChI=1S/C12H20N2O2/c15-11-2-1-3-12(16)14(11)9-6-10-4-7-13-8-5-10/h10,13H,1-9H2. The van der Waals surface area contributed by atoms with Crippen molar-refractivity contribution < 1.29 is 9.59 Å². The molecule has 2 rings (SSSR count). The van der Waals surface area contributed by atoms with Crippen LogP contribution in [0.15, 0.2) is 0 Å². The molecule has 2 saturated heterocycles. The van der Waals surface area contributed by atoms with Crippen molar-refractivity contribution in [1.82, 2.24) is 10.2 Å². The smallest absolute Gasteiger partial charge is 0.229 e. The van der Waals surface area contributed by atoms with Crippen molar-refractivity contribution in [2.24, 2.45) is 5.92 Å². The van der Waals surface area contributed by atoms with E-state index in [0.717, 1.165) is 25.9 Å². The van der Waals surface area contributed by atoms with Crippen LogP contribution in [-0.2, 0) is 9.59 Å². The van der Waals surface area contributed by atoms with Crippen LogP contribution in [0.5, 0.6) is 0 Å². The van der Waals surface area contributed by atoms with Crippen molar-refractivity contribution >= 4 is 11.8 Å². The van der Waals surface area contributed by atoms with Gasteiger partial charge >= 0.3 is 0 Å². The summed E-state index contributed by atoms with van der Waals surface area (Å²) in [5.41, 5.74) is 0. The molecule has 0 aromatic heterocycles. The van der Waals surface area contributed by atoms with E-state index in [1.54, 1.807) is 0 Å². The Morgan fingerprint density at radius 2 is 1.75 bits per heavy atom. The first-order valence-electron chi connectivity index (χ1n) is 6.31. The molecule has 90 valence electrons. The van der Waals surface area contributed by atoms with Crippen molar-refractivity contribution in [1.29, 1.82) is 0 Å². The number of amides is 2. The summed E-state index contributed by atoms with van der Waals surface area (Å²) in [6.45, 7) is 2.79. The first-order chi connectivity index (χ1) is 7.77. The molecule has 0 aromatic rings. The van der Waals surface area contributed by atoms with Gasteiger partial charge in [-0.3, -0.25) is 14.5 Å². The quantitative estimate of drug-likeness (QED) is 0.725. The second-order valence-electron chi connectivity index (χ2n) is 4.77. The summed E-state index contributed by atoms with van der Waals surface area (Å²) in [6.07, 6.45) is 5.18. The molecule has 2 heterocycles. The van der Waals surface area contributed by atoms with Crippen molar-refractivity contribution in [3.8, 4) is 0 Å². The van der Waals surface area contributed by atoms with Crippen molar-refractivity contribution in [2.45, 2.75) is 38.5 Å². The molecule has 0 saturated carbocycles. The summed E-state index contributed by atoms with van der Waals surface area (Å²) in [5.74, 6) is 0.749. The number of imide groups is 1. The molecule has 0 bridgehead atoms. The Morgan fingerprint density at radius 1 is 1.12 bits per heavy atom. The molecule has 0 aromatic carbocycles. The number of hydrogen-bond donors (Lipinski definition) is 1. The molecule has 0 radical (unpaired) electrons. The largest absolute Gasteiger partial charge is 0.317 e. The zero-order chi connectivity index (χ0) is 11.4. The molecule has 16 heavy (non-hydrogen) atoms. The lowest BCUT2D eigenvalue weighted by atomic mass is 9.94. The van der Waals surface area contributed by atoms with Gasteiger partial charge in [-0.15, -0.1) is 0 Å². The minimum absolute atomic E-state index is 0.0326. The summed E-state index contributed by atoms with van der Waals surface area (Å²) in [6, 6.07) is 0. The van der Waals surface area contributed by atoms with Gasteiger partial charge in [0.2, 0.25) is 11.8 Å². The van der Waals surface area contributed by atoms with Gasteiger partial charge in [0.15, 0.2) is 0 Å². The van der Waals surface area contributed by atoms with Gasteiger partial charge < -0.3 is 5.32 Å². The Kier molecular flexibility index (Phi) is 3.93. The number of nitrogens with one attached hydrogen (secondary N) is 1. The summed E-state index contributed by atoms with van der Waals surface area (Å²) in [4.78, 5) is 24.6. The van der Waals surface area contributed by atoms with Gasteiger partial charge in [0.05, 0.1) is 0 Å². The maximum atomic E-state index is 11.6. The topological polar surface area (TPSA) is 49.4 Å². The summed E-state index contributed by atoms with van der Waals surface area (Å²) >= 11 is 0. The average Bonchev–Trinajstić information content (AvgIpc) is 2.30. The van der Waals surface area contributed by atoms with Crippen molar-refractivity contribution in [3.05, 3.63) is 0 Å². The summed E-state index contributed by atoms with van der Waals surface area (Å²) < 4.78 is 0. The minimum atomic E-state index is 0.0326. The van der Waals surface area contributed by atoms with Gasteiger partial charge in [0.1, 0.15) is 0 Å². The van der Waals surface area contributed by atoms with E-state index < -0.39 is 0 Å². The first-order valence-corrected chi connectivity index (χ1v) is 6.31. The second-order valence-corrected chi connectivity index (χ2v) is 4.77. The molecule has 0 atom stereocenters. The van der Waals surface area contributed by atoms with E-state index in [1.165, 1.54) is 17.7 Å². The summed E-state index contributed by atoms with van der Waals surface area (Å²) in [7, 11) is 0. The number of likely N-dealkylation sites (tertiary alicyclic amines) is 1. The molecule has 2 amide bonds. The molecule has 0 unspecified atom stereocenters. The molecule has 1 N–H and O–H groups in total. The van der Waals surface area contributed by atoms with Crippen LogP contribution >= 0.6 is 0 Å². The lowest BCUT2D eigenvalue weighted by molar-refractivity contribution is -0.148. The van der Waals surface area contributed by atoms with Gasteiger partial charge in [-0.2, -0.15) is 0 Å². The molecule has 4 heteroatoms. The predicted octanol–water partition coefficient (Wildman–Crippen LogP) is 0.915. The van der Waals surface area contributed by atoms with Crippen LogP contribution < -0.4 is 5.32 Å². The van der Waals surface area contributed by atoms with E-state index in [4.69, 9.17) is 0 Å². The van der Waals surface area contributed by atoms with Crippen LogP contribution in [-0.4, -0.2) is 36.3 Å². The fourth-order valence-electron chi connectivity index (χ4n) is 2.53. The van der Waals surface area contributed by atoms with Gasteiger partial charge in [-0.1, -0.05) is 0 Å². The van der Waals surface area contributed by atoms with Crippen LogP contribution in [0.2, 0.25) is 0 Å². The van der Waals surface area contributed by atoms with Crippen LogP contribution in [0.25, 0.3) is 0 Å². The third-order valence-corrected chi connectivity index (χ3v) is 3.60. The molecule has 4 nitrogen and oxygen atoms in total. The highest BCUT2D eigenvalue weighted by molar-refractivity contribution is 5.97. The zero-order valence-corrected chi connectivity index (χ0v) is 9.71. The molecule has 0 aliphatic carbocycles. The highest BCUT2D eigenvalue weighted by Gasteiger charge is 2.26. The van der Waals surface area contributed by atoms with E-state index in [-0.39, 0.29) is 11.8 Å². The SMILES string of the molecule is O=C1CCCC(=O)N1CCC1CCNCC1. The normalized spacial score (nSPS) is 23.9. The third kappa shape index (κ3) is 2.82. The predicted molar refractivity (Wildman–Crippen MR) is 60.8 cm³/mol. The Labute approximate surface area is 96.4 Å². The van der Waals surface area contributed by atoms with E-state index in [1.807, 2.05) is 0 Å². The van der Waals surface area contributed by atoms with Crippen LogP contribution in [0.1, 0.15) is 38.5 Å². The third-order valence-electron chi connectivity index (χ3n) is 3.60.